The maximum Gasteiger partial charge on any atom is 0.416 e. The van der Waals surface area contributed by atoms with Crippen LogP contribution < -0.4 is 0 Å². The number of hydrogen-bond donors (Lipinski definition) is 1. The van der Waals surface area contributed by atoms with Crippen LogP contribution in [0.2, 0.25) is 0 Å². The molecule has 0 saturated heterocycles. The smallest absolute Gasteiger partial charge is 0.388 e. The molecule has 6 heteroatoms. The Hall–Kier alpha value is -1.40. The molecule has 0 amide bonds. The molecule has 2 aromatic carbocycles. The van der Waals surface area contributed by atoms with Crippen LogP contribution in [0.25, 0.3) is 0 Å². The van der Waals surface area contributed by atoms with Crippen LogP contribution >= 0.6 is 15.9 Å². The van der Waals surface area contributed by atoms with E-state index in [0.717, 1.165) is 6.07 Å². The minimum absolute atomic E-state index is 0.108. The summed E-state index contributed by atoms with van der Waals surface area (Å²) >= 11 is 3.10. The van der Waals surface area contributed by atoms with E-state index in [1.807, 2.05) is 0 Å². The molecule has 0 radical (unpaired) electrons. The normalized spacial score (nSPS) is 13.2. The molecule has 0 aliphatic carbocycles. The zero-order valence-corrected chi connectivity index (χ0v) is 12.2. The maximum absolute atomic E-state index is 13.3. The van der Waals surface area contributed by atoms with Crippen LogP contribution in [0.3, 0.4) is 0 Å². The van der Waals surface area contributed by atoms with Crippen molar-refractivity contribution in [3.05, 3.63) is 69.4 Å². The number of alkyl halides is 3. The van der Waals surface area contributed by atoms with Crippen molar-refractivity contribution in [3.8, 4) is 0 Å². The zero-order valence-electron chi connectivity index (χ0n) is 10.7. The number of hydrogen-bond acceptors (Lipinski definition) is 1. The minimum atomic E-state index is -4.54. The average Bonchev–Trinajstić information content (AvgIpc) is 2.36. The predicted octanol–water partition coefficient (Wildman–Crippen LogP) is 4.88. The van der Waals surface area contributed by atoms with E-state index >= 15 is 0 Å². The van der Waals surface area contributed by atoms with Crippen molar-refractivity contribution in [3.63, 3.8) is 0 Å². The summed E-state index contributed by atoms with van der Waals surface area (Å²) in [5, 5.41) is 10.1. The summed E-state index contributed by atoms with van der Waals surface area (Å²) in [6, 6.07) is 8.81. The zero-order chi connectivity index (χ0) is 15.6. The van der Waals surface area contributed by atoms with E-state index in [9.17, 15) is 22.7 Å². The third-order valence-electron chi connectivity index (χ3n) is 2.98. The third-order valence-corrected chi connectivity index (χ3v) is 3.43. The Balaban J connectivity index is 2.31. The van der Waals surface area contributed by atoms with E-state index < -0.39 is 23.7 Å². The topological polar surface area (TPSA) is 20.2 Å². The summed E-state index contributed by atoms with van der Waals surface area (Å²) < 4.78 is 52.4. The van der Waals surface area contributed by atoms with Gasteiger partial charge in [0.15, 0.2) is 0 Å². The summed E-state index contributed by atoms with van der Waals surface area (Å²) in [5.41, 5.74) is -0.690. The molecule has 0 aliphatic heterocycles. The second kappa shape index (κ2) is 6.15. The standard InChI is InChI=1S/C15H11BrF4O/c16-10-5-9(6-11(17)8-10)7-14(21)12-3-1-2-4-13(12)15(18,19)20/h1-6,8,14,21H,7H2. The van der Waals surface area contributed by atoms with E-state index in [2.05, 4.69) is 15.9 Å². The van der Waals surface area contributed by atoms with Gasteiger partial charge in [-0.05, 0) is 35.4 Å². The first-order valence-corrected chi connectivity index (χ1v) is 6.86. The molecule has 2 aromatic rings. The molecule has 1 unspecified atom stereocenters. The van der Waals surface area contributed by atoms with Crippen molar-refractivity contribution >= 4 is 15.9 Å². The fourth-order valence-electron chi connectivity index (χ4n) is 2.11. The van der Waals surface area contributed by atoms with Crippen molar-refractivity contribution < 1.29 is 22.7 Å². The number of rotatable bonds is 3. The van der Waals surface area contributed by atoms with E-state index in [1.165, 1.54) is 30.3 Å². The van der Waals surface area contributed by atoms with Gasteiger partial charge in [0.2, 0.25) is 0 Å². The third kappa shape index (κ3) is 4.04. The fraction of sp³-hybridized carbons (Fsp3) is 0.200. The van der Waals surface area contributed by atoms with Crippen LogP contribution in [0.5, 0.6) is 0 Å². The van der Waals surface area contributed by atoms with Crippen LogP contribution in [0, 0.1) is 5.82 Å². The molecule has 0 aromatic heterocycles. The highest BCUT2D eigenvalue weighted by Gasteiger charge is 2.34. The Labute approximate surface area is 127 Å². The summed E-state index contributed by atoms with van der Waals surface area (Å²) in [7, 11) is 0. The van der Waals surface area contributed by atoms with Gasteiger partial charge in [-0.25, -0.2) is 4.39 Å². The summed E-state index contributed by atoms with van der Waals surface area (Å²) in [4.78, 5) is 0. The molecule has 0 fully saturated rings. The van der Waals surface area contributed by atoms with Gasteiger partial charge >= 0.3 is 6.18 Å². The molecule has 0 saturated carbocycles. The first kappa shape index (κ1) is 16.0. The highest BCUT2D eigenvalue weighted by atomic mass is 79.9. The van der Waals surface area contributed by atoms with Crippen LogP contribution in [0.1, 0.15) is 22.8 Å². The van der Waals surface area contributed by atoms with Crippen molar-refractivity contribution in [1.82, 2.24) is 0 Å². The van der Waals surface area contributed by atoms with Crippen molar-refractivity contribution in [2.75, 3.05) is 0 Å². The molecule has 112 valence electrons. The molecule has 0 heterocycles. The predicted molar refractivity (Wildman–Crippen MR) is 74.2 cm³/mol. The number of aliphatic hydroxyl groups is 1. The lowest BCUT2D eigenvalue weighted by Gasteiger charge is -2.17. The van der Waals surface area contributed by atoms with Crippen LogP contribution in [-0.4, -0.2) is 5.11 Å². The lowest BCUT2D eigenvalue weighted by molar-refractivity contribution is -0.139. The average molecular weight is 363 g/mol. The van der Waals surface area contributed by atoms with Gasteiger partial charge in [0.1, 0.15) is 5.82 Å². The van der Waals surface area contributed by atoms with Crippen LogP contribution in [-0.2, 0) is 12.6 Å². The van der Waals surface area contributed by atoms with E-state index in [-0.39, 0.29) is 12.0 Å². The van der Waals surface area contributed by atoms with Gasteiger partial charge in [-0.3, -0.25) is 0 Å². The first-order chi connectivity index (χ1) is 9.77. The second-order valence-corrected chi connectivity index (χ2v) is 5.50. The van der Waals surface area contributed by atoms with Crippen molar-refractivity contribution in [1.29, 1.82) is 0 Å². The summed E-state index contributed by atoms with van der Waals surface area (Å²) in [6.45, 7) is 0. The van der Waals surface area contributed by atoms with Gasteiger partial charge < -0.3 is 5.11 Å². The van der Waals surface area contributed by atoms with Gasteiger partial charge in [-0.2, -0.15) is 13.2 Å². The lowest BCUT2D eigenvalue weighted by Crippen LogP contribution is -2.13. The Morgan fingerprint density at radius 1 is 1.10 bits per heavy atom. The van der Waals surface area contributed by atoms with Crippen LogP contribution in [0.4, 0.5) is 17.6 Å². The van der Waals surface area contributed by atoms with Crippen LogP contribution in [0.15, 0.2) is 46.9 Å². The highest BCUT2D eigenvalue weighted by molar-refractivity contribution is 9.10. The van der Waals surface area contributed by atoms with E-state index in [0.29, 0.717) is 10.0 Å². The molecule has 1 atom stereocenters. The van der Waals surface area contributed by atoms with Gasteiger partial charge in [0.05, 0.1) is 11.7 Å². The lowest BCUT2D eigenvalue weighted by atomic mass is 9.97. The quantitative estimate of drug-likeness (QED) is 0.771. The molecule has 1 nitrogen and oxygen atoms in total. The Morgan fingerprint density at radius 3 is 2.38 bits per heavy atom. The summed E-state index contributed by atoms with van der Waals surface area (Å²) in [5.74, 6) is -0.518. The molecule has 2 rings (SSSR count). The number of halogens is 5. The van der Waals surface area contributed by atoms with Gasteiger partial charge in [-0.15, -0.1) is 0 Å². The molecular formula is C15H11BrF4O. The molecular weight excluding hydrogens is 352 g/mol. The van der Waals surface area contributed by atoms with Gasteiger partial charge in [-0.1, -0.05) is 34.1 Å². The Morgan fingerprint density at radius 2 is 1.76 bits per heavy atom. The van der Waals surface area contributed by atoms with Gasteiger partial charge in [0.25, 0.3) is 0 Å². The molecule has 0 aliphatic rings. The largest absolute Gasteiger partial charge is 0.416 e. The summed E-state index contributed by atoms with van der Waals surface area (Å²) in [6.07, 6.45) is -6.01. The second-order valence-electron chi connectivity index (χ2n) is 4.58. The molecule has 21 heavy (non-hydrogen) atoms. The van der Waals surface area contributed by atoms with E-state index in [1.54, 1.807) is 6.07 Å². The van der Waals surface area contributed by atoms with Crippen molar-refractivity contribution in [2.45, 2.75) is 18.7 Å². The minimum Gasteiger partial charge on any atom is -0.388 e. The fourth-order valence-corrected chi connectivity index (χ4v) is 2.62. The highest BCUT2D eigenvalue weighted by Crippen LogP contribution is 2.35. The SMILES string of the molecule is OC(Cc1cc(F)cc(Br)c1)c1ccccc1C(F)(F)F. The number of aliphatic hydroxyl groups excluding tert-OH is 1. The monoisotopic (exact) mass is 362 g/mol. The molecule has 0 spiro atoms. The van der Waals surface area contributed by atoms with Gasteiger partial charge in [0, 0.05) is 10.9 Å². The Kier molecular flexibility index (Phi) is 4.68. The first-order valence-electron chi connectivity index (χ1n) is 6.06. The van der Waals surface area contributed by atoms with Crippen molar-refractivity contribution in [2.24, 2.45) is 0 Å². The Bertz CT molecular complexity index is 620. The molecule has 0 bridgehead atoms. The number of benzene rings is 2. The molecule has 1 N–H and O–H groups in total. The maximum atomic E-state index is 13.3. The van der Waals surface area contributed by atoms with E-state index in [4.69, 9.17) is 0 Å².